The van der Waals surface area contributed by atoms with Crippen LogP contribution in [0.3, 0.4) is 0 Å². The van der Waals surface area contributed by atoms with E-state index in [9.17, 15) is 22.8 Å². The highest BCUT2D eigenvalue weighted by molar-refractivity contribution is 7.07. The van der Waals surface area contributed by atoms with Crippen LogP contribution in [0.15, 0.2) is 87.8 Å². The average molecular weight is 664 g/mol. The first kappa shape index (κ1) is 31.4. The Balaban J connectivity index is 1.71. The van der Waals surface area contributed by atoms with Gasteiger partial charge in [-0.3, -0.25) is 9.36 Å². The molecule has 3 aromatic carbocycles. The molecule has 44 heavy (non-hydrogen) atoms. The molecule has 0 N–H and O–H groups in total. The van der Waals surface area contributed by atoms with Crippen molar-refractivity contribution < 1.29 is 32.2 Å². The van der Waals surface area contributed by atoms with Gasteiger partial charge in [-0.15, -0.1) is 0 Å². The standard InChI is InChI=1S/C31H23Cl2F3N2O5S/c1-3-42-29(40)24-25(17-11-13-20(32)14-12-17)38-28(39)23(44-30(38)37-27(24)31(34,35)36)15-18-8-6-10-22(41-2)26(18)43-16-19-7-4-5-9-21(19)33/h4-15,25H,3,16H2,1-2H3/b23-15-/t25-/m1/s1. The Hall–Kier alpha value is -4.06. The van der Waals surface area contributed by atoms with Crippen molar-refractivity contribution in [3.63, 3.8) is 0 Å². The van der Waals surface area contributed by atoms with Crippen LogP contribution < -0.4 is 24.4 Å². The minimum absolute atomic E-state index is 0.0465. The molecule has 0 spiro atoms. The number of para-hydroxylation sites is 1. The third-order valence-corrected chi connectivity index (χ3v) is 8.23. The summed E-state index contributed by atoms with van der Waals surface area (Å²) in [7, 11) is 1.46. The number of esters is 1. The first-order valence-electron chi connectivity index (χ1n) is 13.1. The molecule has 0 bridgehead atoms. The van der Waals surface area contributed by atoms with E-state index < -0.39 is 35.0 Å². The molecule has 0 fully saturated rings. The van der Waals surface area contributed by atoms with E-state index in [-0.39, 0.29) is 33.9 Å². The molecule has 0 amide bonds. The lowest BCUT2D eigenvalue weighted by atomic mass is 9.95. The number of aromatic nitrogens is 1. The second-order valence-corrected chi connectivity index (χ2v) is 11.2. The predicted octanol–water partition coefficient (Wildman–Crippen LogP) is 6.24. The largest absolute Gasteiger partial charge is 0.493 e. The first-order chi connectivity index (χ1) is 21.0. The zero-order valence-electron chi connectivity index (χ0n) is 23.2. The molecule has 0 aliphatic carbocycles. The second-order valence-electron chi connectivity index (χ2n) is 9.37. The SMILES string of the molecule is CCOC(=O)C1=C(C(F)(F)F)N=c2s/c(=C\c3cccc(OC)c3OCc3ccccc3Cl)c(=O)n2[C@@H]1c1ccc(Cl)cc1. The van der Waals surface area contributed by atoms with Crippen LogP contribution in [0.5, 0.6) is 11.5 Å². The number of halogens is 5. The van der Waals surface area contributed by atoms with Gasteiger partial charge < -0.3 is 14.2 Å². The van der Waals surface area contributed by atoms with Gasteiger partial charge in [-0.1, -0.05) is 77.0 Å². The minimum Gasteiger partial charge on any atom is -0.493 e. The number of rotatable bonds is 8. The number of fused-ring (bicyclic) bond motifs is 1. The van der Waals surface area contributed by atoms with Crippen molar-refractivity contribution in [1.29, 1.82) is 0 Å². The topological polar surface area (TPSA) is 79.1 Å². The van der Waals surface area contributed by atoms with Crippen LogP contribution in [0.2, 0.25) is 10.0 Å². The predicted molar refractivity (Wildman–Crippen MR) is 161 cm³/mol. The third kappa shape index (κ3) is 6.26. The van der Waals surface area contributed by atoms with Crippen LogP contribution in [0.25, 0.3) is 6.08 Å². The molecule has 7 nitrogen and oxygen atoms in total. The highest BCUT2D eigenvalue weighted by Crippen LogP contribution is 2.39. The number of benzene rings is 3. The van der Waals surface area contributed by atoms with E-state index in [0.717, 1.165) is 15.9 Å². The monoisotopic (exact) mass is 662 g/mol. The summed E-state index contributed by atoms with van der Waals surface area (Å²) in [4.78, 5) is 30.5. The Morgan fingerprint density at radius 2 is 1.80 bits per heavy atom. The Kier molecular flexibility index (Phi) is 9.19. The number of nitrogens with zero attached hydrogens (tertiary/aromatic N) is 2. The summed E-state index contributed by atoms with van der Waals surface area (Å²) in [6.45, 7) is 1.37. The molecule has 2 heterocycles. The second kappa shape index (κ2) is 12.9. The quantitative estimate of drug-likeness (QED) is 0.209. The minimum atomic E-state index is -5.02. The van der Waals surface area contributed by atoms with Gasteiger partial charge >= 0.3 is 12.1 Å². The molecular formula is C31H23Cl2F3N2O5S. The molecule has 5 rings (SSSR count). The van der Waals surface area contributed by atoms with Gasteiger partial charge in [-0.2, -0.15) is 13.2 Å². The van der Waals surface area contributed by atoms with E-state index in [1.54, 1.807) is 36.4 Å². The van der Waals surface area contributed by atoms with Crippen molar-refractivity contribution in [3.8, 4) is 11.5 Å². The van der Waals surface area contributed by atoms with Crippen molar-refractivity contribution in [2.24, 2.45) is 4.99 Å². The third-order valence-electron chi connectivity index (χ3n) is 6.63. The number of hydrogen-bond acceptors (Lipinski definition) is 7. The lowest BCUT2D eigenvalue weighted by Crippen LogP contribution is -2.41. The zero-order valence-corrected chi connectivity index (χ0v) is 25.5. The number of allylic oxidation sites excluding steroid dienone is 1. The number of carbonyl (C=O) groups is 1. The number of thiazole rings is 1. The normalized spacial score (nSPS) is 15.1. The Morgan fingerprint density at radius 3 is 2.45 bits per heavy atom. The van der Waals surface area contributed by atoms with Gasteiger partial charge in [0.1, 0.15) is 6.61 Å². The Bertz CT molecular complexity index is 1940. The lowest BCUT2D eigenvalue weighted by Gasteiger charge is -2.26. The number of methoxy groups -OCH3 is 1. The zero-order chi connectivity index (χ0) is 31.6. The highest BCUT2D eigenvalue weighted by Gasteiger charge is 2.45. The van der Waals surface area contributed by atoms with Crippen LogP contribution in [-0.4, -0.2) is 30.4 Å². The van der Waals surface area contributed by atoms with Crippen LogP contribution >= 0.6 is 34.5 Å². The number of ether oxygens (including phenoxy) is 3. The van der Waals surface area contributed by atoms with Crippen molar-refractivity contribution in [3.05, 3.63) is 124 Å². The lowest BCUT2D eigenvalue weighted by molar-refractivity contribution is -0.140. The number of carbonyl (C=O) groups excluding carboxylic acids is 1. The fraction of sp³-hybridized carbons (Fsp3) is 0.194. The van der Waals surface area contributed by atoms with Gasteiger partial charge in [-0.05, 0) is 42.8 Å². The maximum atomic E-state index is 14.4. The smallest absolute Gasteiger partial charge is 0.434 e. The van der Waals surface area contributed by atoms with E-state index in [4.69, 9.17) is 37.4 Å². The molecule has 1 atom stereocenters. The van der Waals surface area contributed by atoms with Gasteiger partial charge in [0.2, 0.25) is 0 Å². The summed E-state index contributed by atoms with van der Waals surface area (Å²) in [5.74, 6) is -0.583. The first-order valence-corrected chi connectivity index (χ1v) is 14.7. The van der Waals surface area contributed by atoms with Crippen LogP contribution in [0.1, 0.15) is 29.7 Å². The molecule has 228 valence electrons. The summed E-state index contributed by atoms with van der Waals surface area (Å²) < 4.78 is 60.8. The van der Waals surface area contributed by atoms with E-state index in [2.05, 4.69) is 4.99 Å². The van der Waals surface area contributed by atoms with E-state index in [1.165, 1.54) is 44.4 Å². The molecule has 0 radical (unpaired) electrons. The summed E-state index contributed by atoms with van der Waals surface area (Å²) in [6, 6.07) is 16.5. The number of hydrogen-bond donors (Lipinski definition) is 0. The maximum Gasteiger partial charge on any atom is 0.434 e. The van der Waals surface area contributed by atoms with Crippen molar-refractivity contribution in [1.82, 2.24) is 4.57 Å². The van der Waals surface area contributed by atoms with Crippen LogP contribution in [0, 0.1) is 0 Å². The fourth-order valence-corrected chi connectivity index (χ4v) is 5.98. The average Bonchev–Trinajstić information content (AvgIpc) is 3.30. The molecule has 0 saturated heterocycles. The Labute approximate surface area is 263 Å². The van der Waals surface area contributed by atoms with Gasteiger partial charge in [-0.25, -0.2) is 9.79 Å². The van der Waals surface area contributed by atoms with E-state index in [0.29, 0.717) is 26.9 Å². The molecule has 13 heteroatoms. The van der Waals surface area contributed by atoms with Gasteiger partial charge in [0.05, 0.1) is 29.9 Å². The summed E-state index contributed by atoms with van der Waals surface area (Å²) in [6.07, 6.45) is -3.54. The molecule has 1 aromatic heterocycles. The van der Waals surface area contributed by atoms with Gasteiger partial charge in [0.25, 0.3) is 5.56 Å². The molecule has 0 unspecified atom stereocenters. The van der Waals surface area contributed by atoms with Crippen molar-refractivity contribution >= 4 is 46.6 Å². The summed E-state index contributed by atoms with van der Waals surface area (Å²) in [5.41, 5.74) is -1.56. The molecular weight excluding hydrogens is 640 g/mol. The van der Waals surface area contributed by atoms with Crippen molar-refractivity contribution in [2.45, 2.75) is 25.7 Å². The molecule has 1 aliphatic rings. The molecule has 1 aliphatic heterocycles. The van der Waals surface area contributed by atoms with Gasteiger partial charge in [0, 0.05) is 21.2 Å². The number of alkyl halides is 3. The van der Waals surface area contributed by atoms with Crippen LogP contribution in [-0.2, 0) is 16.1 Å². The molecule has 4 aromatic rings. The van der Waals surface area contributed by atoms with E-state index in [1.807, 2.05) is 6.07 Å². The maximum absolute atomic E-state index is 14.4. The highest BCUT2D eigenvalue weighted by atomic mass is 35.5. The van der Waals surface area contributed by atoms with Crippen molar-refractivity contribution in [2.75, 3.05) is 13.7 Å². The fourth-order valence-electron chi connectivity index (χ4n) is 4.67. The summed E-state index contributed by atoms with van der Waals surface area (Å²) >= 11 is 13.1. The Morgan fingerprint density at radius 1 is 1.07 bits per heavy atom. The molecule has 0 saturated carbocycles. The summed E-state index contributed by atoms with van der Waals surface area (Å²) in [5, 5.41) is 0.818. The van der Waals surface area contributed by atoms with Crippen LogP contribution in [0.4, 0.5) is 13.2 Å². The van der Waals surface area contributed by atoms with Gasteiger partial charge in [0.15, 0.2) is 22.0 Å². The van der Waals surface area contributed by atoms with E-state index >= 15 is 0 Å².